The van der Waals surface area contributed by atoms with E-state index in [9.17, 15) is 10.5 Å². The molecule has 2 aromatic rings. The monoisotopic (exact) mass is 294 g/mol. The van der Waals surface area contributed by atoms with Gasteiger partial charge in [-0.15, -0.1) is 0 Å². The lowest BCUT2D eigenvalue weighted by Crippen LogP contribution is -2.24. The van der Waals surface area contributed by atoms with E-state index in [4.69, 9.17) is 15.9 Å². The number of allylic oxidation sites excluding steroid dienone is 2. The Morgan fingerprint density at radius 3 is 2.62 bits per heavy atom. The molecule has 3 rings (SSSR count). The number of hydrogen-bond donors (Lipinski definition) is 2. The average molecular weight is 294 g/mol. The van der Waals surface area contributed by atoms with Crippen LogP contribution in [0, 0.1) is 22.7 Å². The molecule has 0 radical (unpaired) electrons. The number of para-hydroxylation sites is 1. The maximum absolute atomic E-state index is 9.35. The number of fused-ring (bicyclic) bond motifs is 1. The molecule has 1 aromatic heterocycles. The Morgan fingerprint density at radius 1 is 1.19 bits per heavy atom. The van der Waals surface area contributed by atoms with Gasteiger partial charge in [-0.1, -0.05) is 30.0 Å². The van der Waals surface area contributed by atoms with Crippen LogP contribution in [0.15, 0.2) is 50.9 Å². The molecule has 102 valence electrons. The van der Waals surface area contributed by atoms with Gasteiger partial charge in [-0.3, -0.25) is 0 Å². The fraction of sp³-hybridized carbons (Fsp3) is 0.0667. The lowest BCUT2D eigenvalue weighted by Gasteiger charge is -2.20. The van der Waals surface area contributed by atoms with Crippen molar-refractivity contribution in [1.29, 1.82) is 10.5 Å². The zero-order valence-electron chi connectivity index (χ0n) is 10.8. The van der Waals surface area contributed by atoms with Gasteiger partial charge < -0.3 is 15.9 Å². The summed E-state index contributed by atoms with van der Waals surface area (Å²) in [4.78, 5) is 0. The fourth-order valence-corrected chi connectivity index (χ4v) is 3.07. The largest absolute Gasteiger partial charge is 0.456 e. The highest BCUT2D eigenvalue weighted by atomic mass is 32.2. The summed E-state index contributed by atoms with van der Waals surface area (Å²) in [5.41, 5.74) is 13.4. The lowest BCUT2D eigenvalue weighted by atomic mass is 9.98. The highest BCUT2D eigenvalue weighted by Crippen LogP contribution is 2.40. The van der Waals surface area contributed by atoms with Crippen molar-refractivity contribution < 1.29 is 4.42 Å². The molecule has 0 bridgehead atoms. The Hall–Kier alpha value is -2.67. The number of rotatable bonds is 1. The van der Waals surface area contributed by atoms with E-state index < -0.39 is 5.37 Å². The lowest BCUT2D eigenvalue weighted by molar-refractivity contribution is 0.599. The maximum atomic E-state index is 9.35. The van der Waals surface area contributed by atoms with Crippen molar-refractivity contribution in [3.63, 3.8) is 0 Å². The Balaban J connectivity index is 2.30. The van der Waals surface area contributed by atoms with Crippen molar-refractivity contribution in [1.82, 2.24) is 0 Å². The minimum atomic E-state index is -0.602. The molecule has 0 aliphatic carbocycles. The first kappa shape index (κ1) is 13.3. The van der Waals surface area contributed by atoms with Gasteiger partial charge in [0.05, 0.1) is 33.2 Å². The van der Waals surface area contributed by atoms with Crippen molar-refractivity contribution in [2.45, 2.75) is 5.37 Å². The Labute approximate surface area is 125 Å². The van der Waals surface area contributed by atoms with Crippen LogP contribution in [0.4, 0.5) is 0 Å². The van der Waals surface area contributed by atoms with Crippen LogP contribution in [0.3, 0.4) is 0 Å². The number of hydrogen-bond acceptors (Lipinski definition) is 6. The van der Waals surface area contributed by atoms with Gasteiger partial charge in [0.1, 0.15) is 17.4 Å². The van der Waals surface area contributed by atoms with E-state index in [-0.39, 0.29) is 5.57 Å². The second-order valence-electron chi connectivity index (χ2n) is 4.44. The Bertz CT molecular complexity index is 846. The third kappa shape index (κ3) is 2.07. The van der Waals surface area contributed by atoms with Crippen LogP contribution < -0.4 is 11.5 Å². The zero-order valence-corrected chi connectivity index (χ0v) is 11.6. The van der Waals surface area contributed by atoms with Crippen LogP contribution in [0.5, 0.6) is 0 Å². The normalized spacial score (nSPS) is 18.7. The SMILES string of the molecule is N#CC1=C(N)SC(N)C(C#N)=C1c1cc2ccccc2o1. The molecule has 0 amide bonds. The first-order chi connectivity index (χ1) is 10.2. The molecule has 0 saturated carbocycles. The number of nitrogens with zero attached hydrogens (tertiary/aromatic N) is 2. The minimum Gasteiger partial charge on any atom is -0.456 e. The van der Waals surface area contributed by atoms with E-state index in [1.807, 2.05) is 30.3 Å². The molecule has 1 aromatic carbocycles. The fourth-order valence-electron chi connectivity index (χ4n) is 2.25. The summed E-state index contributed by atoms with van der Waals surface area (Å²) >= 11 is 1.10. The summed E-state index contributed by atoms with van der Waals surface area (Å²) in [5, 5.41) is 19.3. The average Bonchev–Trinajstić information content (AvgIpc) is 2.90. The van der Waals surface area contributed by atoms with Crippen molar-refractivity contribution >= 4 is 28.3 Å². The quantitative estimate of drug-likeness (QED) is 0.835. The molecule has 5 nitrogen and oxygen atoms in total. The van der Waals surface area contributed by atoms with Crippen molar-refractivity contribution in [2.24, 2.45) is 11.5 Å². The van der Waals surface area contributed by atoms with Gasteiger partial charge in [-0.25, -0.2) is 0 Å². The van der Waals surface area contributed by atoms with Crippen molar-refractivity contribution in [2.75, 3.05) is 0 Å². The Kier molecular flexibility index (Phi) is 3.19. The first-order valence-electron chi connectivity index (χ1n) is 6.11. The molecule has 1 aliphatic rings. The maximum Gasteiger partial charge on any atom is 0.137 e. The van der Waals surface area contributed by atoms with E-state index in [0.29, 0.717) is 27.5 Å². The molecule has 4 N–H and O–H groups in total. The number of furan rings is 1. The molecule has 0 spiro atoms. The minimum absolute atomic E-state index is 0.234. The molecular formula is C15H10N4OS. The van der Waals surface area contributed by atoms with Crippen LogP contribution in [0.1, 0.15) is 5.76 Å². The van der Waals surface area contributed by atoms with Gasteiger partial charge in [0.25, 0.3) is 0 Å². The van der Waals surface area contributed by atoms with E-state index >= 15 is 0 Å². The van der Waals surface area contributed by atoms with Gasteiger partial charge >= 0.3 is 0 Å². The first-order valence-corrected chi connectivity index (χ1v) is 6.99. The van der Waals surface area contributed by atoms with Gasteiger partial charge in [0.2, 0.25) is 0 Å². The van der Waals surface area contributed by atoms with Gasteiger partial charge in [-0.05, 0) is 12.1 Å². The highest BCUT2D eigenvalue weighted by Gasteiger charge is 2.30. The van der Waals surface area contributed by atoms with Crippen LogP contribution in [0.25, 0.3) is 16.5 Å². The van der Waals surface area contributed by atoms with E-state index in [1.165, 1.54) is 0 Å². The molecule has 2 heterocycles. The third-order valence-corrected chi connectivity index (χ3v) is 4.16. The highest BCUT2D eigenvalue weighted by molar-refractivity contribution is 8.03. The van der Waals surface area contributed by atoms with E-state index in [1.54, 1.807) is 6.07 Å². The summed E-state index contributed by atoms with van der Waals surface area (Å²) in [7, 11) is 0. The second-order valence-corrected chi connectivity index (χ2v) is 5.62. The molecule has 0 saturated heterocycles. The van der Waals surface area contributed by atoms with Gasteiger partial charge in [0, 0.05) is 5.39 Å². The summed E-state index contributed by atoms with van der Waals surface area (Å²) in [6.45, 7) is 0. The summed E-state index contributed by atoms with van der Waals surface area (Å²) in [5.74, 6) is 0.433. The molecule has 0 fully saturated rings. The van der Waals surface area contributed by atoms with Gasteiger partial charge in [-0.2, -0.15) is 10.5 Å². The molecular weight excluding hydrogens is 284 g/mol. The predicted octanol–water partition coefficient (Wildman–Crippen LogP) is 2.44. The topological polar surface area (TPSA) is 113 Å². The van der Waals surface area contributed by atoms with Crippen LogP contribution >= 0.6 is 11.8 Å². The number of benzene rings is 1. The Morgan fingerprint density at radius 2 is 1.95 bits per heavy atom. The molecule has 1 unspecified atom stereocenters. The molecule has 21 heavy (non-hydrogen) atoms. The van der Waals surface area contributed by atoms with Crippen LogP contribution in [0.2, 0.25) is 0 Å². The van der Waals surface area contributed by atoms with Crippen molar-refractivity contribution in [3.8, 4) is 12.1 Å². The molecule has 1 aliphatic heterocycles. The summed E-state index contributed by atoms with van der Waals surface area (Å²) in [6, 6.07) is 13.4. The van der Waals surface area contributed by atoms with Gasteiger partial charge in [0.15, 0.2) is 0 Å². The second kappa shape index (κ2) is 5.02. The number of nitriles is 2. The number of thioether (sulfide) groups is 1. The molecule has 6 heteroatoms. The van der Waals surface area contributed by atoms with E-state index in [2.05, 4.69) is 6.07 Å². The molecule has 1 atom stereocenters. The van der Waals surface area contributed by atoms with Crippen LogP contribution in [-0.2, 0) is 0 Å². The zero-order chi connectivity index (χ0) is 15.0. The standard InChI is InChI=1S/C15H10N4OS/c16-6-9-13(10(7-17)15(19)21-14(9)18)12-5-8-3-1-2-4-11(8)20-12/h1-5,14H,18-19H2. The number of nitrogens with two attached hydrogens (primary N) is 2. The summed E-state index contributed by atoms with van der Waals surface area (Å²) in [6.07, 6.45) is 0. The van der Waals surface area contributed by atoms with E-state index in [0.717, 1.165) is 17.1 Å². The predicted molar refractivity (Wildman–Crippen MR) is 81.1 cm³/mol. The third-order valence-electron chi connectivity index (χ3n) is 3.21. The summed E-state index contributed by atoms with van der Waals surface area (Å²) < 4.78 is 5.75. The van der Waals surface area contributed by atoms with Crippen molar-refractivity contribution in [3.05, 3.63) is 52.3 Å². The smallest absolute Gasteiger partial charge is 0.137 e. The van der Waals surface area contributed by atoms with Crippen LogP contribution in [-0.4, -0.2) is 5.37 Å².